The first kappa shape index (κ1) is 9.06. The van der Waals surface area contributed by atoms with Crippen molar-refractivity contribution in [3.8, 4) is 5.88 Å². The van der Waals surface area contributed by atoms with Crippen LogP contribution in [-0.2, 0) is 0 Å². The van der Waals surface area contributed by atoms with E-state index in [1.807, 2.05) is 13.8 Å². The van der Waals surface area contributed by atoms with Gasteiger partial charge < -0.3 is 15.0 Å². The highest BCUT2D eigenvalue weighted by molar-refractivity contribution is 5.31. The van der Waals surface area contributed by atoms with E-state index in [0.717, 1.165) is 11.3 Å². The van der Waals surface area contributed by atoms with Gasteiger partial charge in [-0.2, -0.15) is 0 Å². The van der Waals surface area contributed by atoms with Crippen molar-refractivity contribution in [2.45, 2.75) is 19.8 Å². The Kier molecular flexibility index (Phi) is 2.70. The maximum absolute atomic E-state index is 5.53. The first-order valence-electron chi connectivity index (χ1n) is 3.91. The van der Waals surface area contributed by atoms with Gasteiger partial charge in [0.05, 0.1) is 12.7 Å². The average Bonchev–Trinajstić information content (AvgIpc) is 2.45. The molecule has 1 rings (SSSR count). The third-order valence-corrected chi connectivity index (χ3v) is 1.91. The first-order valence-corrected chi connectivity index (χ1v) is 3.91. The molecule has 0 aliphatic rings. The van der Waals surface area contributed by atoms with Crippen LogP contribution >= 0.6 is 0 Å². The van der Waals surface area contributed by atoms with E-state index in [1.54, 1.807) is 7.11 Å². The van der Waals surface area contributed by atoms with Crippen molar-refractivity contribution in [2.75, 3.05) is 13.7 Å². The number of aromatic nitrogens is 1. The molecule has 4 heteroatoms. The second-order valence-electron chi connectivity index (χ2n) is 2.80. The van der Waals surface area contributed by atoms with Gasteiger partial charge in [0.1, 0.15) is 5.76 Å². The lowest BCUT2D eigenvalue weighted by Crippen LogP contribution is -2.10. The predicted octanol–water partition coefficient (Wildman–Crippen LogP) is 1.05. The fourth-order valence-electron chi connectivity index (χ4n) is 1.18. The van der Waals surface area contributed by atoms with Crippen molar-refractivity contribution in [3.05, 3.63) is 11.3 Å². The Hall–Kier alpha value is -1.03. The number of aryl methyl sites for hydroxylation is 1. The van der Waals surface area contributed by atoms with Gasteiger partial charge in [0.15, 0.2) is 0 Å². The largest absolute Gasteiger partial charge is 0.479 e. The topological polar surface area (TPSA) is 61.3 Å². The minimum Gasteiger partial charge on any atom is -0.479 e. The van der Waals surface area contributed by atoms with Gasteiger partial charge in [0.2, 0.25) is 0 Å². The molecular weight excluding hydrogens is 156 g/mol. The van der Waals surface area contributed by atoms with Gasteiger partial charge in [-0.3, -0.25) is 0 Å². The number of hydrogen-bond donors (Lipinski definition) is 1. The third kappa shape index (κ3) is 1.43. The van der Waals surface area contributed by atoms with E-state index in [0.29, 0.717) is 12.4 Å². The van der Waals surface area contributed by atoms with E-state index < -0.39 is 0 Å². The van der Waals surface area contributed by atoms with E-state index in [2.05, 4.69) is 5.16 Å². The van der Waals surface area contributed by atoms with Gasteiger partial charge in [0.25, 0.3) is 5.88 Å². The zero-order valence-electron chi connectivity index (χ0n) is 7.63. The van der Waals surface area contributed by atoms with Crippen molar-refractivity contribution >= 4 is 0 Å². The molecular formula is C8H14N2O2. The molecule has 0 saturated heterocycles. The number of nitrogens with two attached hydrogens (primary N) is 1. The summed E-state index contributed by atoms with van der Waals surface area (Å²) in [6.45, 7) is 4.44. The Balaban J connectivity index is 3.01. The molecule has 0 bridgehead atoms. The fraction of sp³-hybridized carbons (Fsp3) is 0.625. The van der Waals surface area contributed by atoms with Crippen molar-refractivity contribution in [1.82, 2.24) is 5.16 Å². The molecule has 0 amide bonds. The number of hydrogen-bond acceptors (Lipinski definition) is 4. The summed E-state index contributed by atoms with van der Waals surface area (Å²) in [4.78, 5) is 0. The van der Waals surface area contributed by atoms with Gasteiger partial charge in [-0.25, -0.2) is 0 Å². The lowest BCUT2D eigenvalue weighted by Gasteiger charge is -2.06. The summed E-state index contributed by atoms with van der Waals surface area (Å²) >= 11 is 0. The maximum atomic E-state index is 5.53. The van der Waals surface area contributed by atoms with Crippen LogP contribution in [0, 0.1) is 6.92 Å². The number of ether oxygens (including phenoxy) is 1. The van der Waals surface area contributed by atoms with Crippen LogP contribution in [-0.4, -0.2) is 18.8 Å². The van der Waals surface area contributed by atoms with Crippen LogP contribution in [0.15, 0.2) is 4.52 Å². The molecule has 1 atom stereocenters. The van der Waals surface area contributed by atoms with Crippen LogP contribution in [0.5, 0.6) is 5.88 Å². The van der Waals surface area contributed by atoms with E-state index in [-0.39, 0.29) is 5.92 Å². The molecule has 0 radical (unpaired) electrons. The van der Waals surface area contributed by atoms with Gasteiger partial charge in [-0.1, -0.05) is 6.92 Å². The molecule has 1 heterocycles. The highest BCUT2D eigenvalue weighted by Gasteiger charge is 2.18. The highest BCUT2D eigenvalue weighted by Crippen LogP contribution is 2.27. The minimum absolute atomic E-state index is 0.228. The number of nitrogens with zero attached hydrogens (tertiary/aromatic N) is 1. The monoisotopic (exact) mass is 170 g/mol. The third-order valence-electron chi connectivity index (χ3n) is 1.91. The summed E-state index contributed by atoms with van der Waals surface area (Å²) < 4.78 is 10.0. The molecule has 0 aliphatic heterocycles. The average molecular weight is 170 g/mol. The Morgan fingerprint density at radius 3 is 2.83 bits per heavy atom. The van der Waals surface area contributed by atoms with Gasteiger partial charge in [-0.05, 0) is 18.6 Å². The lowest BCUT2D eigenvalue weighted by molar-refractivity contribution is 0.331. The Morgan fingerprint density at radius 1 is 1.67 bits per heavy atom. The lowest BCUT2D eigenvalue weighted by atomic mass is 10.0. The van der Waals surface area contributed by atoms with Gasteiger partial charge >= 0.3 is 0 Å². The molecule has 1 aromatic heterocycles. The van der Waals surface area contributed by atoms with Gasteiger partial charge in [0, 0.05) is 5.92 Å². The zero-order chi connectivity index (χ0) is 9.14. The first-order chi connectivity index (χ1) is 5.70. The molecule has 1 aromatic rings. The van der Waals surface area contributed by atoms with Crippen molar-refractivity contribution < 1.29 is 9.26 Å². The van der Waals surface area contributed by atoms with E-state index in [9.17, 15) is 0 Å². The molecule has 0 aliphatic carbocycles. The second kappa shape index (κ2) is 3.58. The molecule has 0 fully saturated rings. The van der Waals surface area contributed by atoms with Gasteiger partial charge in [-0.15, -0.1) is 0 Å². The zero-order valence-corrected chi connectivity index (χ0v) is 7.63. The number of methoxy groups -OCH3 is 1. The van der Waals surface area contributed by atoms with Crippen LogP contribution in [0.2, 0.25) is 0 Å². The summed E-state index contributed by atoms with van der Waals surface area (Å²) in [5.41, 5.74) is 6.50. The fourth-order valence-corrected chi connectivity index (χ4v) is 1.18. The van der Waals surface area contributed by atoms with E-state index >= 15 is 0 Å². The smallest absolute Gasteiger partial charge is 0.257 e. The van der Waals surface area contributed by atoms with Crippen molar-refractivity contribution in [1.29, 1.82) is 0 Å². The van der Waals surface area contributed by atoms with Crippen LogP contribution in [0.3, 0.4) is 0 Å². The van der Waals surface area contributed by atoms with E-state index in [1.165, 1.54) is 0 Å². The molecule has 1 unspecified atom stereocenters. The molecule has 4 nitrogen and oxygen atoms in total. The Bertz CT molecular complexity index is 258. The van der Waals surface area contributed by atoms with Crippen molar-refractivity contribution in [2.24, 2.45) is 5.73 Å². The standard InChI is InChI=1S/C8H14N2O2/c1-5(4-9)7-6(2)12-10-8(7)11-3/h5H,4,9H2,1-3H3. The molecule has 12 heavy (non-hydrogen) atoms. The maximum Gasteiger partial charge on any atom is 0.257 e. The Labute approximate surface area is 71.7 Å². The van der Waals surface area contributed by atoms with Crippen LogP contribution in [0.4, 0.5) is 0 Å². The summed E-state index contributed by atoms with van der Waals surface area (Å²) in [5.74, 6) is 1.56. The van der Waals surface area contributed by atoms with E-state index in [4.69, 9.17) is 15.0 Å². The van der Waals surface area contributed by atoms with Crippen LogP contribution < -0.4 is 10.5 Å². The summed E-state index contributed by atoms with van der Waals surface area (Å²) in [6, 6.07) is 0. The SMILES string of the molecule is COc1noc(C)c1C(C)CN. The van der Waals surface area contributed by atoms with Crippen molar-refractivity contribution in [3.63, 3.8) is 0 Å². The molecule has 68 valence electrons. The highest BCUT2D eigenvalue weighted by atomic mass is 16.5. The molecule has 0 spiro atoms. The van der Waals surface area contributed by atoms with Crippen LogP contribution in [0.1, 0.15) is 24.2 Å². The predicted molar refractivity (Wildman–Crippen MR) is 45.3 cm³/mol. The molecule has 0 saturated carbocycles. The normalized spacial score (nSPS) is 13.0. The van der Waals surface area contributed by atoms with Crippen LogP contribution in [0.25, 0.3) is 0 Å². The summed E-state index contributed by atoms with van der Waals surface area (Å²) in [6.07, 6.45) is 0. The quantitative estimate of drug-likeness (QED) is 0.736. The summed E-state index contributed by atoms with van der Waals surface area (Å²) in [5, 5.41) is 3.75. The minimum atomic E-state index is 0.228. The Morgan fingerprint density at radius 2 is 2.33 bits per heavy atom. The molecule has 0 aromatic carbocycles. The number of rotatable bonds is 3. The second-order valence-corrected chi connectivity index (χ2v) is 2.80. The summed E-state index contributed by atoms with van der Waals surface area (Å²) in [7, 11) is 1.57. The molecule has 2 N–H and O–H groups in total.